The summed E-state index contributed by atoms with van der Waals surface area (Å²) in [6.07, 6.45) is 0.637. The molecule has 1 atom stereocenters. The smallest absolute Gasteiger partial charge is 0.200 e. The molecule has 0 radical (unpaired) electrons. The first-order valence-electron chi connectivity index (χ1n) is 4.06. The van der Waals surface area contributed by atoms with Crippen molar-refractivity contribution in [2.45, 2.75) is 12.5 Å². The van der Waals surface area contributed by atoms with Gasteiger partial charge in [0.2, 0.25) is 5.82 Å². The lowest BCUT2D eigenvalue weighted by molar-refractivity contribution is 0.251. The van der Waals surface area contributed by atoms with E-state index < -0.39 is 11.6 Å². The summed E-state index contributed by atoms with van der Waals surface area (Å²) in [5.74, 6) is -1.86. The third-order valence-corrected chi connectivity index (χ3v) is 2.16. The summed E-state index contributed by atoms with van der Waals surface area (Å²) in [4.78, 5) is 0. The van der Waals surface area contributed by atoms with E-state index >= 15 is 0 Å². The first kappa shape index (κ1) is 11.2. The van der Waals surface area contributed by atoms with Crippen LogP contribution in [-0.2, 0) is 0 Å². The Morgan fingerprint density at radius 2 is 2.07 bits per heavy atom. The molecule has 5 heteroatoms. The van der Waals surface area contributed by atoms with Crippen molar-refractivity contribution in [3.8, 4) is 5.75 Å². The first-order valence-corrected chi connectivity index (χ1v) is 4.06. The van der Waals surface area contributed by atoms with Crippen LogP contribution in [0.25, 0.3) is 0 Å². The summed E-state index contributed by atoms with van der Waals surface area (Å²) in [5.41, 5.74) is 6.24. The van der Waals surface area contributed by atoms with Gasteiger partial charge in [-0.3, -0.25) is 0 Å². The molecule has 0 aromatic heterocycles. The van der Waals surface area contributed by atoms with Crippen LogP contribution in [0.3, 0.4) is 0 Å². The summed E-state index contributed by atoms with van der Waals surface area (Å²) < 4.78 is 30.8. The number of benzene rings is 1. The second-order valence-electron chi connectivity index (χ2n) is 3.02. The molecule has 0 saturated carbocycles. The Hall–Kier alpha value is -0.870. The van der Waals surface area contributed by atoms with Crippen LogP contribution < -0.4 is 10.5 Å². The van der Waals surface area contributed by atoms with Gasteiger partial charge in [0.05, 0.1) is 6.61 Å². The maximum Gasteiger partial charge on any atom is 0.200 e. The number of fused-ring (bicyclic) bond motifs is 1. The zero-order valence-corrected chi connectivity index (χ0v) is 8.11. The second kappa shape index (κ2) is 4.11. The lowest BCUT2D eigenvalue weighted by atomic mass is 10.0. The Kier molecular flexibility index (Phi) is 3.29. The SMILES string of the molecule is Cl.N[C@@H]1CCOc2c1ccc(F)c2F. The van der Waals surface area contributed by atoms with Gasteiger partial charge >= 0.3 is 0 Å². The van der Waals surface area contributed by atoms with Crippen molar-refractivity contribution in [3.63, 3.8) is 0 Å². The van der Waals surface area contributed by atoms with E-state index in [4.69, 9.17) is 10.5 Å². The molecule has 78 valence electrons. The monoisotopic (exact) mass is 221 g/mol. The maximum absolute atomic E-state index is 13.1. The van der Waals surface area contributed by atoms with E-state index in [2.05, 4.69) is 0 Å². The minimum Gasteiger partial charge on any atom is -0.490 e. The van der Waals surface area contributed by atoms with Crippen LogP contribution in [0.4, 0.5) is 8.78 Å². The van der Waals surface area contributed by atoms with Crippen LogP contribution >= 0.6 is 12.4 Å². The highest BCUT2D eigenvalue weighted by Crippen LogP contribution is 2.33. The summed E-state index contributed by atoms with van der Waals surface area (Å²) in [6, 6.07) is 2.29. The highest BCUT2D eigenvalue weighted by atomic mass is 35.5. The summed E-state index contributed by atoms with van der Waals surface area (Å²) >= 11 is 0. The van der Waals surface area contributed by atoms with Crippen LogP contribution in [0.15, 0.2) is 12.1 Å². The van der Waals surface area contributed by atoms with Gasteiger partial charge < -0.3 is 10.5 Å². The van der Waals surface area contributed by atoms with Crippen molar-refractivity contribution < 1.29 is 13.5 Å². The van der Waals surface area contributed by atoms with Crippen LogP contribution in [0.1, 0.15) is 18.0 Å². The Bertz CT molecular complexity index is 346. The number of nitrogens with two attached hydrogens (primary N) is 1. The van der Waals surface area contributed by atoms with E-state index in [0.29, 0.717) is 18.6 Å². The molecule has 2 nitrogen and oxygen atoms in total. The van der Waals surface area contributed by atoms with E-state index in [-0.39, 0.29) is 24.2 Å². The third-order valence-electron chi connectivity index (χ3n) is 2.16. The van der Waals surface area contributed by atoms with E-state index in [9.17, 15) is 8.78 Å². The van der Waals surface area contributed by atoms with Gasteiger partial charge in [0, 0.05) is 18.0 Å². The largest absolute Gasteiger partial charge is 0.490 e. The zero-order chi connectivity index (χ0) is 9.42. The second-order valence-corrected chi connectivity index (χ2v) is 3.02. The fourth-order valence-electron chi connectivity index (χ4n) is 1.43. The highest BCUT2D eigenvalue weighted by molar-refractivity contribution is 5.85. The molecule has 0 fully saturated rings. The molecule has 0 bridgehead atoms. The molecule has 0 amide bonds. The molecule has 2 rings (SSSR count). The molecule has 0 aliphatic carbocycles. The summed E-state index contributed by atoms with van der Waals surface area (Å²) in [5, 5.41) is 0. The minimum absolute atomic E-state index is 0. The average Bonchev–Trinajstić information content (AvgIpc) is 2.12. The van der Waals surface area contributed by atoms with Crippen LogP contribution in [0.2, 0.25) is 0 Å². The average molecular weight is 222 g/mol. The number of rotatable bonds is 0. The van der Waals surface area contributed by atoms with Gasteiger partial charge in [0.1, 0.15) is 0 Å². The standard InChI is InChI=1S/C9H9F2NO.ClH/c10-6-2-1-5-7(12)3-4-13-9(5)8(6)11;/h1-2,7H,3-4,12H2;1H/t7-;/m1./s1. The topological polar surface area (TPSA) is 35.2 Å². The molecule has 14 heavy (non-hydrogen) atoms. The van der Waals surface area contributed by atoms with Crippen LogP contribution in [-0.4, -0.2) is 6.61 Å². The molecule has 1 aromatic rings. The summed E-state index contributed by atoms with van der Waals surface area (Å²) in [7, 11) is 0. The fraction of sp³-hybridized carbons (Fsp3) is 0.333. The Morgan fingerprint density at radius 1 is 1.36 bits per heavy atom. The highest BCUT2D eigenvalue weighted by Gasteiger charge is 2.23. The molecular weight excluding hydrogens is 212 g/mol. The van der Waals surface area contributed by atoms with Crippen molar-refractivity contribution >= 4 is 12.4 Å². The predicted molar refractivity (Wildman–Crippen MR) is 50.6 cm³/mol. The molecule has 1 heterocycles. The molecule has 0 spiro atoms. The number of hydrogen-bond donors (Lipinski definition) is 1. The van der Waals surface area contributed by atoms with E-state index in [1.807, 2.05) is 0 Å². The van der Waals surface area contributed by atoms with Gasteiger partial charge in [-0.15, -0.1) is 12.4 Å². The van der Waals surface area contributed by atoms with Gasteiger partial charge in [-0.2, -0.15) is 4.39 Å². The molecule has 0 unspecified atom stereocenters. The minimum atomic E-state index is -0.937. The maximum atomic E-state index is 13.1. The fourth-order valence-corrected chi connectivity index (χ4v) is 1.43. The lowest BCUT2D eigenvalue weighted by Crippen LogP contribution is -2.21. The number of halogens is 3. The Morgan fingerprint density at radius 3 is 2.79 bits per heavy atom. The first-order chi connectivity index (χ1) is 6.20. The molecule has 1 aliphatic heterocycles. The molecule has 0 saturated heterocycles. The van der Waals surface area contributed by atoms with Crippen molar-refractivity contribution in [1.29, 1.82) is 0 Å². The normalized spacial score (nSPS) is 19.2. The van der Waals surface area contributed by atoms with Gasteiger partial charge in [0.25, 0.3) is 0 Å². The summed E-state index contributed by atoms with van der Waals surface area (Å²) in [6.45, 7) is 0.342. The van der Waals surface area contributed by atoms with E-state index in [0.717, 1.165) is 6.07 Å². The molecule has 2 N–H and O–H groups in total. The Labute approximate surface area is 86.5 Å². The predicted octanol–water partition coefficient (Wildman–Crippen LogP) is 2.17. The number of ether oxygens (including phenoxy) is 1. The molecular formula is C9H10ClF2NO. The van der Waals surface area contributed by atoms with E-state index in [1.54, 1.807) is 0 Å². The third kappa shape index (κ3) is 1.67. The van der Waals surface area contributed by atoms with Gasteiger partial charge in [-0.1, -0.05) is 6.07 Å². The van der Waals surface area contributed by atoms with Crippen molar-refractivity contribution in [2.75, 3.05) is 6.61 Å². The van der Waals surface area contributed by atoms with Crippen molar-refractivity contribution in [3.05, 3.63) is 29.3 Å². The van der Waals surface area contributed by atoms with Gasteiger partial charge in [0.15, 0.2) is 11.6 Å². The number of hydrogen-bond acceptors (Lipinski definition) is 2. The van der Waals surface area contributed by atoms with Gasteiger partial charge in [-0.25, -0.2) is 4.39 Å². The Balaban J connectivity index is 0.000000980. The van der Waals surface area contributed by atoms with Crippen molar-refractivity contribution in [1.82, 2.24) is 0 Å². The zero-order valence-electron chi connectivity index (χ0n) is 7.30. The van der Waals surface area contributed by atoms with E-state index in [1.165, 1.54) is 6.07 Å². The lowest BCUT2D eigenvalue weighted by Gasteiger charge is -2.23. The molecule has 1 aromatic carbocycles. The van der Waals surface area contributed by atoms with Crippen LogP contribution in [0, 0.1) is 11.6 Å². The van der Waals surface area contributed by atoms with Crippen molar-refractivity contribution in [2.24, 2.45) is 5.73 Å². The van der Waals surface area contributed by atoms with Gasteiger partial charge in [-0.05, 0) is 6.07 Å². The molecule has 1 aliphatic rings. The quantitative estimate of drug-likeness (QED) is 0.729. The van der Waals surface area contributed by atoms with Crippen LogP contribution in [0.5, 0.6) is 5.75 Å².